The topological polar surface area (TPSA) is 113 Å². The maximum atomic E-state index is 10.8. The van der Waals surface area contributed by atoms with Crippen LogP contribution in [0.1, 0.15) is 17.4 Å². The van der Waals surface area contributed by atoms with Crippen LogP contribution in [0.2, 0.25) is 0 Å². The quantitative estimate of drug-likeness (QED) is 0.734. The zero-order chi connectivity index (χ0) is 13.7. The first kappa shape index (κ1) is 12.8. The summed E-state index contributed by atoms with van der Waals surface area (Å²) in [4.78, 5) is 10.8. The number of rotatable bonds is 5. The van der Waals surface area contributed by atoms with Crippen LogP contribution in [0.4, 0.5) is 4.79 Å². The Morgan fingerprint density at radius 1 is 1.47 bits per heavy atom. The minimum absolute atomic E-state index is 0.304. The third-order valence-electron chi connectivity index (χ3n) is 2.57. The third kappa shape index (κ3) is 3.41. The number of H-pyrrole nitrogens is 1. The molecule has 19 heavy (non-hydrogen) atoms. The average molecular weight is 263 g/mol. The largest absolute Gasteiger partial charge is 0.497 e. The molecule has 0 fully saturated rings. The molecule has 1 unspecified atom stereocenters. The molecule has 0 saturated heterocycles. The maximum absolute atomic E-state index is 10.8. The Morgan fingerprint density at radius 2 is 2.21 bits per heavy atom. The van der Waals surface area contributed by atoms with Crippen LogP contribution >= 0.6 is 0 Å². The number of hydrogen-bond acceptors (Lipinski definition) is 5. The molecule has 0 saturated carbocycles. The van der Waals surface area contributed by atoms with Crippen molar-refractivity contribution in [2.45, 2.75) is 12.5 Å². The van der Waals surface area contributed by atoms with Gasteiger partial charge in [-0.15, -0.1) is 10.2 Å². The van der Waals surface area contributed by atoms with E-state index in [1.54, 1.807) is 7.11 Å². The molecule has 100 valence electrons. The van der Waals surface area contributed by atoms with Gasteiger partial charge in [-0.05, 0) is 17.7 Å². The molecule has 2 aromatic rings. The number of aromatic amines is 1. The van der Waals surface area contributed by atoms with Crippen LogP contribution < -0.4 is 10.1 Å². The van der Waals surface area contributed by atoms with Crippen molar-refractivity contribution in [1.82, 2.24) is 25.9 Å². The average Bonchev–Trinajstić information content (AvgIpc) is 2.92. The van der Waals surface area contributed by atoms with Crippen molar-refractivity contribution in [1.29, 1.82) is 0 Å². The highest BCUT2D eigenvalue weighted by molar-refractivity contribution is 5.65. The summed E-state index contributed by atoms with van der Waals surface area (Å²) in [6.45, 7) is 0. The summed E-state index contributed by atoms with van der Waals surface area (Å²) < 4.78 is 5.06. The van der Waals surface area contributed by atoms with Gasteiger partial charge in [-0.3, -0.25) is 0 Å². The normalized spacial score (nSPS) is 11.8. The van der Waals surface area contributed by atoms with Crippen LogP contribution in [0.25, 0.3) is 0 Å². The fourth-order valence-corrected chi connectivity index (χ4v) is 1.67. The van der Waals surface area contributed by atoms with E-state index in [0.29, 0.717) is 12.2 Å². The van der Waals surface area contributed by atoms with Crippen LogP contribution in [0.3, 0.4) is 0 Å². The van der Waals surface area contributed by atoms with E-state index in [1.165, 1.54) is 0 Å². The molecular formula is C11H13N5O3. The Balaban J connectivity index is 2.12. The van der Waals surface area contributed by atoms with Crippen LogP contribution in [0.5, 0.6) is 5.75 Å². The Bertz CT molecular complexity index is 526. The lowest BCUT2D eigenvalue weighted by Crippen LogP contribution is -2.29. The molecule has 1 heterocycles. The van der Waals surface area contributed by atoms with Gasteiger partial charge in [0.1, 0.15) is 11.8 Å². The molecule has 0 aliphatic heterocycles. The SMILES string of the molecule is COc1ccc(CC(NC(=O)O)c2nn[nH]n2)cc1. The highest BCUT2D eigenvalue weighted by Gasteiger charge is 2.18. The summed E-state index contributed by atoms with van der Waals surface area (Å²) >= 11 is 0. The van der Waals surface area contributed by atoms with Gasteiger partial charge in [0.2, 0.25) is 0 Å². The molecule has 0 bridgehead atoms. The first-order valence-corrected chi connectivity index (χ1v) is 5.55. The Hall–Kier alpha value is -2.64. The minimum atomic E-state index is -1.14. The van der Waals surface area contributed by atoms with Gasteiger partial charge >= 0.3 is 6.09 Å². The van der Waals surface area contributed by atoms with E-state index in [1.807, 2.05) is 24.3 Å². The number of amides is 1. The van der Waals surface area contributed by atoms with Crippen LogP contribution in [0, 0.1) is 0 Å². The maximum Gasteiger partial charge on any atom is 0.405 e. The zero-order valence-electron chi connectivity index (χ0n) is 10.2. The summed E-state index contributed by atoms with van der Waals surface area (Å²) in [5, 5.41) is 24.5. The van der Waals surface area contributed by atoms with Gasteiger partial charge in [0.05, 0.1) is 7.11 Å². The molecule has 8 nitrogen and oxygen atoms in total. The number of benzene rings is 1. The molecule has 1 aromatic heterocycles. The number of hydrogen-bond donors (Lipinski definition) is 3. The predicted octanol–water partition coefficient (Wildman–Crippen LogP) is 0.760. The fraction of sp³-hybridized carbons (Fsp3) is 0.273. The molecule has 0 spiro atoms. The number of nitrogens with one attached hydrogen (secondary N) is 2. The second-order valence-corrected chi connectivity index (χ2v) is 3.82. The van der Waals surface area contributed by atoms with Gasteiger partial charge in [0, 0.05) is 6.42 Å². The monoisotopic (exact) mass is 263 g/mol. The summed E-state index contributed by atoms with van der Waals surface area (Å²) in [6, 6.07) is 6.78. The molecule has 0 radical (unpaired) electrons. The van der Waals surface area contributed by atoms with Crippen molar-refractivity contribution in [3.05, 3.63) is 35.7 Å². The van der Waals surface area contributed by atoms with E-state index in [0.717, 1.165) is 11.3 Å². The number of nitrogens with zero attached hydrogens (tertiary/aromatic N) is 3. The molecule has 1 atom stereocenters. The van der Waals surface area contributed by atoms with Crippen LogP contribution in [-0.4, -0.2) is 38.9 Å². The van der Waals surface area contributed by atoms with Gasteiger partial charge < -0.3 is 15.2 Å². The van der Waals surface area contributed by atoms with Gasteiger partial charge in [0.15, 0.2) is 5.82 Å². The number of tetrazole rings is 1. The predicted molar refractivity (Wildman–Crippen MR) is 64.8 cm³/mol. The molecule has 0 aliphatic rings. The lowest BCUT2D eigenvalue weighted by Gasteiger charge is -2.13. The minimum Gasteiger partial charge on any atom is -0.497 e. The van der Waals surface area contributed by atoms with Crippen molar-refractivity contribution in [2.24, 2.45) is 0 Å². The fourth-order valence-electron chi connectivity index (χ4n) is 1.67. The molecule has 1 aromatic carbocycles. The van der Waals surface area contributed by atoms with E-state index in [2.05, 4.69) is 25.9 Å². The summed E-state index contributed by atoms with van der Waals surface area (Å²) in [7, 11) is 1.59. The van der Waals surface area contributed by atoms with E-state index in [4.69, 9.17) is 9.84 Å². The Labute approximate surface area is 108 Å². The Morgan fingerprint density at radius 3 is 2.74 bits per heavy atom. The second-order valence-electron chi connectivity index (χ2n) is 3.82. The van der Waals surface area contributed by atoms with Crippen molar-refractivity contribution in [3.8, 4) is 5.75 Å². The molecule has 8 heteroatoms. The van der Waals surface area contributed by atoms with Crippen molar-refractivity contribution >= 4 is 6.09 Å². The lowest BCUT2D eigenvalue weighted by atomic mass is 10.1. The first-order valence-electron chi connectivity index (χ1n) is 5.55. The van der Waals surface area contributed by atoms with E-state index >= 15 is 0 Å². The van der Waals surface area contributed by atoms with Crippen molar-refractivity contribution < 1.29 is 14.6 Å². The van der Waals surface area contributed by atoms with Gasteiger partial charge in [-0.1, -0.05) is 17.3 Å². The Kier molecular flexibility index (Phi) is 3.91. The van der Waals surface area contributed by atoms with E-state index < -0.39 is 12.1 Å². The highest BCUT2D eigenvalue weighted by atomic mass is 16.5. The van der Waals surface area contributed by atoms with Crippen molar-refractivity contribution in [3.63, 3.8) is 0 Å². The van der Waals surface area contributed by atoms with Gasteiger partial charge in [-0.2, -0.15) is 5.21 Å². The van der Waals surface area contributed by atoms with E-state index in [-0.39, 0.29) is 0 Å². The molecule has 1 amide bonds. The summed E-state index contributed by atoms with van der Waals surface area (Å²) in [6.07, 6.45) is -0.709. The lowest BCUT2D eigenvalue weighted by molar-refractivity contribution is 0.189. The first-order chi connectivity index (χ1) is 9.19. The highest BCUT2D eigenvalue weighted by Crippen LogP contribution is 2.17. The number of carboxylic acid groups (broad SMARTS) is 1. The number of ether oxygens (including phenoxy) is 1. The smallest absolute Gasteiger partial charge is 0.405 e. The molecule has 3 N–H and O–H groups in total. The standard InChI is InChI=1S/C11H13N5O3/c1-19-8-4-2-7(3-5-8)6-9(12-11(17)18)10-13-15-16-14-10/h2-5,9,12H,6H2,1H3,(H,17,18)(H,13,14,15,16). The summed E-state index contributed by atoms with van der Waals surface area (Å²) in [5.74, 6) is 1.05. The number of aromatic nitrogens is 4. The molecular weight excluding hydrogens is 250 g/mol. The van der Waals surface area contributed by atoms with Crippen molar-refractivity contribution in [2.75, 3.05) is 7.11 Å². The zero-order valence-corrected chi connectivity index (χ0v) is 10.2. The van der Waals surface area contributed by atoms with Gasteiger partial charge in [0.25, 0.3) is 0 Å². The van der Waals surface area contributed by atoms with Crippen LogP contribution in [-0.2, 0) is 6.42 Å². The van der Waals surface area contributed by atoms with Gasteiger partial charge in [-0.25, -0.2) is 4.79 Å². The number of carbonyl (C=O) groups is 1. The third-order valence-corrected chi connectivity index (χ3v) is 2.57. The second kappa shape index (κ2) is 5.80. The molecule has 2 rings (SSSR count). The van der Waals surface area contributed by atoms with Crippen LogP contribution in [0.15, 0.2) is 24.3 Å². The van der Waals surface area contributed by atoms with E-state index in [9.17, 15) is 4.79 Å². The summed E-state index contributed by atoms with van der Waals surface area (Å²) in [5.41, 5.74) is 0.935. The molecule has 0 aliphatic carbocycles. The number of methoxy groups -OCH3 is 1.